The first-order valence-corrected chi connectivity index (χ1v) is 12.6. The summed E-state index contributed by atoms with van der Waals surface area (Å²) in [6.07, 6.45) is -2.90. The van der Waals surface area contributed by atoms with Crippen LogP contribution in [-0.2, 0) is 0 Å². The Kier molecular flexibility index (Phi) is 7.35. The quantitative estimate of drug-likeness (QED) is 0.255. The first-order chi connectivity index (χ1) is 19.0. The molecule has 2 amide bonds. The van der Waals surface area contributed by atoms with Crippen molar-refractivity contribution in [1.82, 2.24) is 0 Å². The number of halogens is 5. The Labute approximate surface area is 231 Å². The van der Waals surface area contributed by atoms with E-state index in [0.29, 0.717) is 0 Å². The Bertz CT molecular complexity index is 1610. The van der Waals surface area contributed by atoms with Gasteiger partial charge in [0.25, 0.3) is 17.7 Å². The van der Waals surface area contributed by atoms with Crippen molar-refractivity contribution in [2.24, 2.45) is 0 Å². The standard InChI is InChI=1S/C30H21ClF4N2O3/c31-18-7-12-26-24(15-18)27(38)30(34,35)13-14-37(26)29(40)17-5-9-20(10-6-17)36-28(39)23-16-19(32)8-11-21(23)22-3-1-2-4-25(22)33/h1-12,15-16,27,38H,13-14H2,(H,36,39)/t27-/m1/s1. The molecule has 0 spiro atoms. The Balaban J connectivity index is 1.39. The lowest BCUT2D eigenvalue weighted by Gasteiger charge is -2.23. The van der Waals surface area contributed by atoms with Crippen molar-refractivity contribution in [1.29, 1.82) is 0 Å². The van der Waals surface area contributed by atoms with E-state index in [1.165, 1.54) is 66.7 Å². The van der Waals surface area contributed by atoms with E-state index in [4.69, 9.17) is 11.6 Å². The number of anilines is 2. The van der Waals surface area contributed by atoms with Crippen LogP contribution < -0.4 is 10.2 Å². The molecule has 40 heavy (non-hydrogen) atoms. The summed E-state index contributed by atoms with van der Waals surface area (Å²) in [6.45, 7) is -0.353. The minimum atomic E-state index is -3.47. The van der Waals surface area contributed by atoms with Crippen LogP contribution in [0.5, 0.6) is 0 Å². The third kappa shape index (κ3) is 5.30. The van der Waals surface area contributed by atoms with Crippen LogP contribution in [0.25, 0.3) is 11.1 Å². The van der Waals surface area contributed by atoms with Crippen LogP contribution in [0, 0.1) is 11.6 Å². The summed E-state index contributed by atoms with van der Waals surface area (Å²) in [5.74, 6) is -6.03. The average molecular weight is 569 g/mol. The second-order valence-corrected chi connectivity index (χ2v) is 9.71. The van der Waals surface area contributed by atoms with Gasteiger partial charge < -0.3 is 15.3 Å². The average Bonchev–Trinajstić information content (AvgIpc) is 3.03. The zero-order chi connectivity index (χ0) is 28.6. The fourth-order valence-electron chi connectivity index (χ4n) is 4.62. The molecule has 2 N–H and O–H groups in total. The Hall–Kier alpha value is -4.21. The van der Waals surface area contributed by atoms with Gasteiger partial charge in [-0.25, -0.2) is 17.6 Å². The number of fused-ring (bicyclic) bond motifs is 1. The van der Waals surface area contributed by atoms with E-state index in [-0.39, 0.29) is 50.8 Å². The highest BCUT2D eigenvalue weighted by Gasteiger charge is 2.44. The third-order valence-corrected chi connectivity index (χ3v) is 6.90. The maximum atomic E-state index is 14.5. The van der Waals surface area contributed by atoms with E-state index in [2.05, 4.69) is 5.32 Å². The predicted octanol–water partition coefficient (Wildman–Crippen LogP) is 7.26. The molecule has 0 saturated carbocycles. The molecule has 1 aliphatic heterocycles. The van der Waals surface area contributed by atoms with Crippen molar-refractivity contribution >= 4 is 34.8 Å². The van der Waals surface area contributed by atoms with Gasteiger partial charge >= 0.3 is 0 Å². The number of carbonyl (C=O) groups is 2. The van der Waals surface area contributed by atoms with Gasteiger partial charge in [-0.2, -0.15) is 0 Å². The fourth-order valence-corrected chi connectivity index (χ4v) is 4.80. The van der Waals surface area contributed by atoms with Crippen LogP contribution in [0.2, 0.25) is 5.02 Å². The van der Waals surface area contributed by atoms with E-state index < -0.39 is 41.9 Å². The highest BCUT2D eigenvalue weighted by molar-refractivity contribution is 6.30. The summed E-state index contributed by atoms with van der Waals surface area (Å²) >= 11 is 5.96. The first-order valence-electron chi connectivity index (χ1n) is 12.2. The van der Waals surface area contributed by atoms with E-state index in [0.717, 1.165) is 17.0 Å². The minimum absolute atomic E-state index is 0.0930. The molecule has 0 aliphatic carbocycles. The first kappa shape index (κ1) is 27.4. The van der Waals surface area contributed by atoms with E-state index in [1.54, 1.807) is 6.07 Å². The molecule has 5 nitrogen and oxygen atoms in total. The number of aliphatic hydroxyl groups is 1. The van der Waals surface area contributed by atoms with Gasteiger partial charge in [0.2, 0.25) is 0 Å². The van der Waals surface area contributed by atoms with Crippen molar-refractivity contribution < 1.29 is 32.3 Å². The van der Waals surface area contributed by atoms with Crippen LogP contribution in [0.3, 0.4) is 0 Å². The lowest BCUT2D eigenvalue weighted by Crippen LogP contribution is -2.33. The van der Waals surface area contributed by atoms with Gasteiger partial charge in [0, 0.05) is 40.4 Å². The van der Waals surface area contributed by atoms with Gasteiger partial charge in [-0.05, 0) is 66.2 Å². The largest absolute Gasteiger partial charge is 0.382 e. The molecule has 1 aliphatic rings. The number of hydrogen-bond donors (Lipinski definition) is 2. The molecular formula is C30H21ClF4N2O3. The summed E-state index contributed by atoms with van der Waals surface area (Å²) in [5.41, 5.74) is 0.582. The maximum absolute atomic E-state index is 14.5. The second-order valence-electron chi connectivity index (χ2n) is 9.27. The zero-order valence-corrected chi connectivity index (χ0v) is 21.4. The van der Waals surface area contributed by atoms with Gasteiger partial charge in [-0.3, -0.25) is 9.59 Å². The Morgan fingerprint density at radius 1 is 0.925 bits per heavy atom. The minimum Gasteiger partial charge on any atom is -0.382 e. The number of alkyl halides is 2. The molecule has 1 atom stereocenters. The number of amides is 2. The number of nitrogens with one attached hydrogen (secondary N) is 1. The van der Waals surface area contributed by atoms with Crippen LogP contribution in [0.1, 0.15) is 38.8 Å². The molecule has 0 fully saturated rings. The summed E-state index contributed by atoms with van der Waals surface area (Å²) in [6, 6.07) is 19.0. The van der Waals surface area contributed by atoms with Crippen molar-refractivity contribution in [3.8, 4) is 11.1 Å². The molecule has 0 radical (unpaired) electrons. The predicted molar refractivity (Wildman–Crippen MR) is 144 cm³/mol. The molecule has 5 rings (SSSR count). The van der Waals surface area contributed by atoms with Gasteiger partial charge in [0.15, 0.2) is 0 Å². The van der Waals surface area contributed by atoms with Gasteiger partial charge in [0.05, 0.1) is 11.3 Å². The summed E-state index contributed by atoms with van der Waals surface area (Å²) in [5, 5.41) is 13.0. The maximum Gasteiger partial charge on any atom is 0.279 e. The SMILES string of the molecule is O=C(Nc1ccc(C(=O)N2CCC(F)(F)[C@H](O)c3cc(Cl)ccc32)cc1)c1cc(F)ccc1-c1ccccc1F. The number of aliphatic hydroxyl groups excluding tert-OH is 1. The Morgan fingerprint density at radius 2 is 1.65 bits per heavy atom. The van der Waals surface area contributed by atoms with Gasteiger partial charge in [0.1, 0.15) is 17.7 Å². The summed E-state index contributed by atoms with van der Waals surface area (Å²) in [4.78, 5) is 27.5. The van der Waals surface area contributed by atoms with E-state index >= 15 is 0 Å². The molecule has 4 aromatic rings. The Morgan fingerprint density at radius 3 is 2.38 bits per heavy atom. The second kappa shape index (κ2) is 10.7. The van der Waals surface area contributed by atoms with E-state index in [9.17, 15) is 32.3 Å². The smallest absolute Gasteiger partial charge is 0.279 e. The topological polar surface area (TPSA) is 69.6 Å². The third-order valence-electron chi connectivity index (χ3n) is 6.67. The van der Waals surface area contributed by atoms with E-state index in [1.807, 2.05) is 0 Å². The molecule has 0 unspecified atom stereocenters. The molecule has 204 valence electrons. The number of rotatable bonds is 4. The molecule has 10 heteroatoms. The molecule has 0 saturated heterocycles. The van der Waals surface area contributed by atoms with Crippen molar-refractivity contribution in [2.75, 3.05) is 16.8 Å². The van der Waals surface area contributed by atoms with Crippen LogP contribution in [-0.4, -0.2) is 29.4 Å². The lowest BCUT2D eigenvalue weighted by molar-refractivity contribution is -0.112. The normalized spacial score (nSPS) is 16.1. The van der Waals surface area contributed by atoms with Gasteiger partial charge in [-0.15, -0.1) is 0 Å². The van der Waals surface area contributed by atoms with Crippen molar-refractivity contribution in [3.63, 3.8) is 0 Å². The molecule has 0 aromatic heterocycles. The summed E-state index contributed by atoms with van der Waals surface area (Å²) in [7, 11) is 0. The molecular weight excluding hydrogens is 548 g/mol. The number of carbonyl (C=O) groups excluding carboxylic acids is 2. The zero-order valence-electron chi connectivity index (χ0n) is 20.7. The van der Waals surface area contributed by atoms with Crippen LogP contribution in [0.4, 0.5) is 28.9 Å². The van der Waals surface area contributed by atoms with Crippen molar-refractivity contribution in [3.05, 3.63) is 118 Å². The van der Waals surface area contributed by atoms with Crippen LogP contribution in [0.15, 0.2) is 84.9 Å². The van der Waals surface area contributed by atoms with Crippen molar-refractivity contribution in [2.45, 2.75) is 18.4 Å². The highest BCUT2D eigenvalue weighted by atomic mass is 35.5. The number of hydrogen-bond acceptors (Lipinski definition) is 3. The number of nitrogens with zero attached hydrogens (tertiary/aromatic N) is 1. The van der Waals surface area contributed by atoms with Crippen LogP contribution >= 0.6 is 11.6 Å². The molecule has 1 heterocycles. The summed E-state index contributed by atoms with van der Waals surface area (Å²) < 4.78 is 57.4. The molecule has 4 aromatic carbocycles. The number of benzene rings is 4. The van der Waals surface area contributed by atoms with Gasteiger partial charge in [-0.1, -0.05) is 35.9 Å². The highest BCUT2D eigenvalue weighted by Crippen LogP contribution is 2.43. The fraction of sp³-hybridized carbons (Fsp3) is 0.133. The monoisotopic (exact) mass is 568 g/mol. The molecule has 0 bridgehead atoms. The lowest BCUT2D eigenvalue weighted by atomic mass is 9.98.